The number of aryl methyl sites for hydroxylation is 1. The number of rotatable bonds is 8. The Balaban J connectivity index is 1.54. The maximum atomic E-state index is 13.4. The summed E-state index contributed by atoms with van der Waals surface area (Å²) in [6.07, 6.45) is 6.53. The van der Waals surface area contributed by atoms with Crippen LogP contribution in [0.2, 0.25) is 5.02 Å². The van der Waals surface area contributed by atoms with Crippen LogP contribution in [-0.2, 0) is 34.0 Å². The van der Waals surface area contributed by atoms with Crippen molar-refractivity contribution in [3.05, 3.63) is 83.1 Å². The summed E-state index contributed by atoms with van der Waals surface area (Å²) in [7, 11) is 1.54. The largest absolute Gasteiger partial charge is 0.375 e. The van der Waals surface area contributed by atoms with Crippen molar-refractivity contribution in [2.75, 3.05) is 44.8 Å². The summed E-state index contributed by atoms with van der Waals surface area (Å²) >= 11 is 6.10. The standard InChI is InChI=1S/C30H38ClN5O3/c1-39-24-30(38)36-21-7-17-33(22-25-11-13-27(31)14-12-25)16-6-18-34(23-26-8-2-3-9-28(26)36)29(37)10-4-19-35-20-5-15-32-35/h2-3,5,8-9,11-15,20H,4,6-7,10,16-19,21-24H2,1H3. The van der Waals surface area contributed by atoms with Gasteiger partial charge in [0.2, 0.25) is 5.91 Å². The van der Waals surface area contributed by atoms with Crippen LogP contribution in [0.1, 0.15) is 36.8 Å². The fourth-order valence-electron chi connectivity index (χ4n) is 5.02. The zero-order chi connectivity index (χ0) is 27.5. The van der Waals surface area contributed by atoms with Crippen LogP contribution in [0.3, 0.4) is 0 Å². The van der Waals surface area contributed by atoms with E-state index in [9.17, 15) is 9.59 Å². The van der Waals surface area contributed by atoms with E-state index in [1.54, 1.807) is 6.20 Å². The van der Waals surface area contributed by atoms with Crippen molar-refractivity contribution in [1.82, 2.24) is 19.6 Å². The molecule has 8 nitrogen and oxygen atoms in total. The summed E-state index contributed by atoms with van der Waals surface area (Å²) in [5.74, 6) is 0.0383. The highest BCUT2D eigenvalue weighted by molar-refractivity contribution is 6.30. The minimum atomic E-state index is -0.0802. The molecule has 0 atom stereocenters. The van der Waals surface area contributed by atoms with Gasteiger partial charge in [-0.15, -0.1) is 0 Å². The lowest BCUT2D eigenvalue weighted by atomic mass is 10.1. The number of para-hydroxylation sites is 1. The number of nitrogens with zero attached hydrogens (tertiary/aromatic N) is 5. The first kappa shape index (κ1) is 28.8. The first-order chi connectivity index (χ1) is 19.0. The lowest BCUT2D eigenvalue weighted by Crippen LogP contribution is -2.40. The third kappa shape index (κ3) is 8.65. The predicted octanol–water partition coefficient (Wildman–Crippen LogP) is 4.62. The second-order valence-electron chi connectivity index (χ2n) is 9.90. The van der Waals surface area contributed by atoms with E-state index in [1.165, 1.54) is 12.7 Å². The quantitative estimate of drug-likeness (QED) is 0.408. The molecule has 0 saturated heterocycles. The van der Waals surface area contributed by atoms with Crippen molar-refractivity contribution in [2.24, 2.45) is 0 Å². The molecular weight excluding hydrogens is 514 g/mol. The van der Waals surface area contributed by atoms with E-state index < -0.39 is 0 Å². The normalized spacial score (nSPS) is 15.3. The number of ether oxygens (including phenoxy) is 1. The monoisotopic (exact) mass is 551 g/mol. The Morgan fingerprint density at radius 3 is 2.46 bits per heavy atom. The molecule has 1 aliphatic rings. The van der Waals surface area contributed by atoms with E-state index in [2.05, 4.69) is 22.1 Å². The number of carbonyl (C=O) groups is 2. The van der Waals surface area contributed by atoms with Crippen LogP contribution in [0.15, 0.2) is 67.0 Å². The average Bonchev–Trinajstić information content (AvgIpc) is 3.45. The van der Waals surface area contributed by atoms with Crippen molar-refractivity contribution >= 4 is 29.1 Å². The van der Waals surface area contributed by atoms with E-state index in [1.807, 2.05) is 63.1 Å². The Labute approximate surface area is 236 Å². The van der Waals surface area contributed by atoms with Crippen molar-refractivity contribution in [3.63, 3.8) is 0 Å². The van der Waals surface area contributed by atoms with Crippen LogP contribution >= 0.6 is 11.6 Å². The van der Waals surface area contributed by atoms with E-state index >= 15 is 0 Å². The first-order valence-corrected chi connectivity index (χ1v) is 14.0. The molecule has 2 aromatic carbocycles. The van der Waals surface area contributed by atoms with Crippen LogP contribution in [-0.4, -0.2) is 71.3 Å². The van der Waals surface area contributed by atoms with Gasteiger partial charge >= 0.3 is 0 Å². The number of hydrogen-bond acceptors (Lipinski definition) is 5. The van der Waals surface area contributed by atoms with Gasteiger partial charge in [0.15, 0.2) is 0 Å². The molecule has 0 unspecified atom stereocenters. The molecule has 4 rings (SSSR count). The van der Waals surface area contributed by atoms with Crippen LogP contribution in [0, 0.1) is 0 Å². The van der Waals surface area contributed by atoms with Crippen molar-refractivity contribution in [2.45, 2.75) is 45.3 Å². The molecule has 39 heavy (non-hydrogen) atoms. The van der Waals surface area contributed by atoms with Gasteiger partial charge < -0.3 is 14.5 Å². The topological polar surface area (TPSA) is 70.9 Å². The number of benzene rings is 2. The minimum Gasteiger partial charge on any atom is -0.375 e. The van der Waals surface area contributed by atoms with Crippen LogP contribution < -0.4 is 4.90 Å². The summed E-state index contributed by atoms with van der Waals surface area (Å²) in [4.78, 5) is 32.8. The third-order valence-corrected chi connectivity index (χ3v) is 7.23. The number of anilines is 1. The van der Waals surface area contributed by atoms with E-state index in [0.29, 0.717) is 32.6 Å². The predicted molar refractivity (Wildman–Crippen MR) is 154 cm³/mol. The Hall–Kier alpha value is -3.20. The van der Waals surface area contributed by atoms with Crippen LogP contribution in [0.25, 0.3) is 0 Å². The van der Waals surface area contributed by atoms with Gasteiger partial charge in [0.05, 0.1) is 0 Å². The molecule has 2 amide bonds. The fraction of sp³-hybridized carbons (Fsp3) is 0.433. The second kappa shape index (κ2) is 14.8. The number of fused-ring (bicyclic) bond motifs is 1. The summed E-state index contributed by atoms with van der Waals surface area (Å²) in [5.41, 5.74) is 3.01. The SMILES string of the molecule is COCC(=O)N1CCCN(Cc2ccc(Cl)cc2)CCCN(C(=O)CCCn2cccn2)Cc2ccccc21. The number of aromatic nitrogens is 2. The van der Waals surface area contributed by atoms with Gasteiger partial charge in [-0.25, -0.2) is 0 Å². The molecular formula is C30H38ClN5O3. The number of amides is 2. The highest BCUT2D eigenvalue weighted by Crippen LogP contribution is 2.24. The summed E-state index contributed by atoms with van der Waals surface area (Å²) in [6.45, 7) is 4.89. The molecule has 0 radical (unpaired) electrons. The summed E-state index contributed by atoms with van der Waals surface area (Å²) < 4.78 is 7.06. The van der Waals surface area contributed by atoms with Crippen LogP contribution in [0.4, 0.5) is 5.69 Å². The molecule has 2 heterocycles. The van der Waals surface area contributed by atoms with Gasteiger partial charge in [0, 0.05) is 82.4 Å². The third-order valence-electron chi connectivity index (χ3n) is 6.98. The van der Waals surface area contributed by atoms with Gasteiger partial charge in [-0.1, -0.05) is 41.9 Å². The highest BCUT2D eigenvalue weighted by Gasteiger charge is 2.23. The van der Waals surface area contributed by atoms with Gasteiger partial charge in [0.1, 0.15) is 6.61 Å². The molecule has 1 aromatic heterocycles. The Kier molecular flexibility index (Phi) is 10.9. The molecule has 0 bridgehead atoms. The maximum Gasteiger partial charge on any atom is 0.252 e. The Bertz CT molecular complexity index is 1190. The summed E-state index contributed by atoms with van der Waals surface area (Å²) in [5, 5.41) is 4.97. The molecule has 9 heteroatoms. The Morgan fingerprint density at radius 1 is 0.949 bits per heavy atom. The zero-order valence-electron chi connectivity index (χ0n) is 22.7. The molecule has 0 fully saturated rings. The van der Waals surface area contributed by atoms with E-state index in [0.717, 1.165) is 55.2 Å². The molecule has 3 aromatic rings. The highest BCUT2D eigenvalue weighted by atomic mass is 35.5. The van der Waals surface area contributed by atoms with Crippen molar-refractivity contribution < 1.29 is 14.3 Å². The van der Waals surface area contributed by atoms with Gasteiger partial charge in [0.25, 0.3) is 5.91 Å². The van der Waals surface area contributed by atoms with Crippen molar-refractivity contribution in [1.29, 1.82) is 0 Å². The lowest BCUT2D eigenvalue weighted by Gasteiger charge is -2.31. The second-order valence-corrected chi connectivity index (χ2v) is 10.3. The van der Waals surface area contributed by atoms with Gasteiger partial charge in [-0.05, 0) is 54.7 Å². The maximum absolute atomic E-state index is 13.4. The molecule has 0 aliphatic carbocycles. The molecule has 1 aliphatic heterocycles. The van der Waals surface area contributed by atoms with E-state index in [4.69, 9.17) is 16.3 Å². The Morgan fingerprint density at radius 2 is 1.72 bits per heavy atom. The van der Waals surface area contributed by atoms with Crippen molar-refractivity contribution in [3.8, 4) is 0 Å². The molecule has 0 N–H and O–H groups in total. The molecule has 0 spiro atoms. The first-order valence-electron chi connectivity index (χ1n) is 13.6. The minimum absolute atomic E-state index is 0.0128. The number of carbonyl (C=O) groups excluding carboxylic acids is 2. The number of halogens is 1. The molecule has 208 valence electrons. The smallest absolute Gasteiger partial charge is 0.252 e. The lowest BCUT2D eigenvalue weighted by molar-refractivity contribution is -0.132. The fourth-order valence-corrected chi connectivity index (χ4v) is 5.15. The number of hydrogen-bond donors (Lipinski definition) is 0. The average molecular weight is 552 g/mol. The number of methoxy groups -OCH3 is 1. The van der Waals surface area contributed by atoms with Crippen LogP contribution in [0.5, 0.6) is 0 Å². The van der Waals surface area contributed by atoms with Gasteiger partial charge in [-0.2, -0.15) is 5.10 Å². The van der Waals surface area contributed by atoms with E-state index in [-0.39, 0.29) is 18.4 Å². The van der Waals surface area contributed by atoms with Gasteiger partial charge in [-0.3, -0.25) is 19.2 Å². The molecule has 0 saturated carbocycles. The zero-order valence-corrected chi connectivity index (χ0v) is 23.4. The summed E-state index contributed by atoms with van der Waals surface area (Å²) in [6, 6.07) is 17.7.